The van der Waals surface area contributed by atoms with Gasteiger partial charge in [-0.25, -0.2) is 8.42 Å². The first-order valence-electron chi connectivity index (χ1n) is 9.04. The molecule has 6 nitrogen and oxygen atoms in total. The second-order valence-electron chi connectivity index (χ2n) is 6.40. The Bertz CT molecular complexity index is 1050. The molecule has 0 aromatic heterocycles. The molecule has 0 saturated carbocycles. The van der Waals surface area contributed by atoms with Crippen LogP contribution in [0.3, 0.4) is 0 Å². The molecule has 0 aliphatic rings. The highest BCUT2D eigenvalue weighted by Gasteiger charge is 2.26. The summed E-state index contributed by atoms with van der Waals surface area (Å²) in [5, 5.41) is 2.77. The van der Waals surface area contributed by atoms with E-state index in [4.69, 9.17) is 4.74 Å². The molecule has 7 heteroatoms. The highest BCUT2D eigenvalue weighted by Crippen LogP contribution is 2.18. The molecule has 29 heavy (non-hydrogen) atoms. The predicted octanol–water partition coefficient (Wildman–Crippen LogP) is 3.22. The monoisotopic (exact) mass is 410 g/mol. The molecule has 2 N–H and O–H groups in total. The third-order valence-corrected chi connectivity index (χ3v) is 5.77. The van der Waals surface area contributed by atoms with Crippen LogP contribution in [0.4, 0.5) is 5.69 Å². The SMILES string of the molecule is COc1cccc(NC(=O)[C@@H](Cc2ccccc2)NS(=O)(=O)c2ccccc2)c1. The molecule has 0 aliphatic heterocycles. The molecule has 0 radical (unpaired) electrons. The number of methoxy groups -OCH3 is 1. The standard InChI is InChI=1S/C22H22N2O4S/c1-28-19-12-8-11-18(16-19)23-22(25)21(15-17-9-4-2-5-10-17)24-29(26,27)20-13-6-3-7-14-20/h2-14,16,21,24H,15H2,1H3,(H,23,25)/t21-/m1/s1. The lowest BCUT2D eigenvalue weighted by Gasteiger charge is -2.19. The van der Waals surface area contributed by atoms with E-state index in [1.54, 1.807) is 42.5 Å². The van der Waals surface area contributed by atoms with E-state index in [1.807, 2.05) is 30.3 Å². The molecular formula is C22H22N2O4S. The molecule has 3 aromatic rings. The van der Waals surface area contributed by atoms with Crippen molar-refractivity contribution in [2.75, 3.05) is 12.4 Å². The molecule has 1 amide bonds. The fourth-order valence-electron chi connectivity index (χ4n) is 2.82. The van der Waals surface area contributed by atoms with Gasteiger partial charge in [-0.05, 0) is 36.2 Å². The molecule has 0 aliphatic carbocycles. The first-order valence-corrected chi connectivity index (χ1v) is 10.5. The second kappa shape index (κ2) is 9.36. The summed E-state index contributed by atoms with van der Waals surface area (Å²) in [6.07, 6.45) is 0.211. The summed E-state index contributed by atoms with van der Waals surface area (Å²) < 4.78 is 33.3. The van der Waals surface area contributed by atoms with E-state index >= 15 is 0 Å². The normalized spacial score (nSPS) is 12.2. The number of hydrogen-bond donors (Lipinski definition) is 2. The second-order valence-corrected chi connectivity index (χ2v) is 8.11. The van der Waals surface area contributed by atoms with Crippen LogP contribution in [-0.4, -0.2) is 27.5 Å². The van der Waals surface area contributed by atoms with Crippen LogP contribution in [0, 0.1) is 0 Å². The minimum absolute atomic E-state index is 0.104. The van der Waals surface area contributed by atoms with Crippen molar-refractivity contribution in [1.29, 1.82) is 0 Å². The third-order valence-electron chi connectivity index (χ3n) is 4.29. The maximum absolute atomic E-state index is 12.9. The van der Waals surface area contributed by atoms with Crippen molar-refractivity contribution in [2.45, 2.75) is 17.4 Å². The molecule has 3 aromatic carbocycles. The molecule has 3 rings (SSSR count). The minimum Gasteiger partial charge on any atom is -0.497 e. The van der Waals surface area contributed by atoms with Crippen molar-refractivity contribution in [2.24, 2.45) is 0 Å². The third kappa shape index (κ3) is 5.66. The van der Waals surface area contributed by atoms with Gasteiger partial charge in [0.25, 0.3) is 0 Å². The van der Waals surface area contributed by atoms with Gasteiger partial charge in [-0.2, -0.15) is 4.72 Å². The van der Waals surface area contributed by atoms with Crippen LogP contribution in [0.2, 0.25) is 0 Å². The summed E-state index contributed by atoms with van der Waals surface area (Å²) >= 11 is 0. The first kappa shape index (κ1) is 20.6. The van der Waals surface area contributed by atoms with Gasteiger partial charge in [0.2, 0.25) is 15.9 Å². The van der Waals surface area contributed by atoms with E-state index in [-0.39, 0.29) is 11.3 Å². The lowest BCUT2D eigenvalue weighted by Crippen LogP contribution is -2.45. The van der Waals surface area contributed by atoms with Gasteiger partial charge in [-0.1, -0.05) is 54.6 Å². The van der Waals surface area contributed by atoms with Gasteiger partial charge in [0.15, 0.2) is 0 Å². The van der Waals surface area contributed by atoms with Gasteiger partial charge in [-0.3, -0.25) is 4.79 Å². The summed E-state index contributed by atoms with van der Waals surface area (Å²) in [4.78, 5) is 13.1. The summed E-state index contributed by atoms with van der Waals surface area (Å²) in [7, 11) is -2.33. The van der Waals surface area contributed by atoms with Crippen molar-refractivity contribution in [3.8, 4) is 5.75 Å². The lowest BCUT2D eigenvalue weighted by atomic mass is 10.1. The predicted molar refractivity (Wildman–Crippen MR) is 112 cm³/mol. The highest BCUT2D eigenvalue weighted by molar-refractivity contribution is 7.89. The summed E-state index contributed by atoms with van der Waals surface area (Å²) in [6.45, 7) is 0. The maximum atomic E-state index is 12.9. The van der Waals surface area contributed by atoms with Gasteiger partial charge < -0.3 is 10.1 Å². The molecule has 0 spiro atoms. The number of rotatable bonds is 8. The Morgan fingerprint density at radius 1 is 0.931 bits per heavy atom. The zero-order valence-corrected chi connectivity index (χ0v) is 16.7. The fourth-order valence-corrected chi connectivity index (χ4v) is 4.04. The Kier molecular flexibility index (Phi) is 6.64. The Morgan fingerprint density at radius 3 is 2.24 bits per heavy atom. The van der Waals surface area contributed by atoms with Crippen LogP contribution in [0.5, 0.6) is 5.75 Å². The van der Waals surface area contributed by atoms with E-state index in [0.29, 0.717) is 11.4 Å². The topological polar surface area (TPSA) is 84.5 Å². The Balaban J connectivity index is 1.85. The van der Waals surface area contributed by atoms with Crippen LogP contribution >= 0.6 is 0 Å². The van der Waals surface area contributed by atoms with Crippen LogP contribution in [0.25, 0.3) is 0 Å². The number of sulfonamides is 1. The average molecular weight is 410 g/mol. The van der Waals surface area contributed by atoms with Crippen molar-refractivity contribution < 1.29 is 17.9 Å². The van der Waals surface area contributed by atoms with Crippen LogP contribution in [0.15, 0.2) is 89.8 Å². The molecule has 0 bridgehead atoms. The molecule has 0 fully saturated rings. The molecule has 0 saturated heterocycles. The number of carbonyl (C=O) groups is 1. The van der Waals surface area contributed by atoms with E-state index < -0.39 is 22.0 Å². The quantitative estimate of drug-likeness (QED) is 0.597. The zero-order valence-electron chi connectivity index (χ0n) is 15.9. The van der Waals surface area contributed by atoms with Gasteiger partial charge in [-0.15, -0.1) is 0 Å². The lowest BCUT2D eigenvalue weighted by molar-refractivity contribution is -0.117. The average Bonchev–Trinajstić information content (AvgIpc) is 2.74. The first-order chi connectivity index (χ1) is 14.0. The summed E-state index contributed by atoms with van der Waals surface area (Å²) in [5.41, 5.74) is 1.36. The number of benzene rings is 3. The van der Waals surface area contributed by atoms with Crippen molar-refractivity contribution >= 4 is 21.6 Å². The molecule has 1 atom stereocenters. The van der Waals surface area contributed by atoms with Crippen molar-refractivity contribution in [3.05, 3.63) is 90.5 Å². The van der Waals surface area contributed by atoms with Gasteiger partial charge in [0.1, 0.15) is 11.8 Å². The number of anilines is 1. The number of carbonyl (C=O) groups excluding carboxylic acids is 1. The molecule has 150 valence electrons. The Morgan fingerprint density at radius 2 is 1.59 bits per heavy atom. The maximum Gasteiger partial charge on any atom is 0.242 e. The number of hydrogen-bond acceptors (Lipinski definition) is 4. The summed E-state index contributed by atoms with van der Waals surface area (Å²) in [6, 6.07) is 23.1. The van der Waals surface area contributed by atoms with E-state index in [1.165, 1.54) is 19.2 Å². The summed E-state index contributed by atoms with van der Waals surface area (Å²) in [5.74, 6) is 0.133. The number of ether oxygens (including phenoxy) is 1. The van der Waals surface area contributed by atoms with Gasteiger partial charge in [0.05, 0.1) is 12.0 Å². The van der Waals surface area contributed by atoms with Crippen molar-refractivity contribution in [1.82, 2.24) is 4.72 Å². The molecular weight excluding hydrogens is 388 g/mol. The highest BCUT2D eigenvalue weighted by atomic mass is 32.2. The molecule has 0 unspecified atom stereocenters. The fraction of sp³-hybridized carbons (Fsp3) is 0.136. The smallest absolute Gasteiger partial charge is 0.242 e. The minimum atomic E-state index is -3.87. The van der Waals surface area contributed by atoms with Crippen LogP contribution in [0.1, 0.15) is 5.56 Å². The molecule has 0 heterocycles. The zero-order chi connectivity index (χ0) is 20.7. The Labute approximate surface area is 170 Å². The van der Waals surface area contributed by atoms with E-state index in [0.717, 1.165) is 5.56 Å². The van der Waals surface area contributed by atoms with Crippen molar-refractivity contribution in [3.63, 3.8) is 0 Å². The van der Waals surface area contributed by atoms with Crippen LogP contribution in [-0.2, 0) is 21.2 Å². The number of amides is 1. The van der Waals surface area contributed by atoms with Gasteiger partial charge >= 0.3 is 0 Å². The Hall–Kier alpha value is -3.16. The van der Waals surface area contributed by atoms with Gasteiger partial charge in [0, 0.05) is 11.8 Å². The van der Waals surface area contributed by atoms with E-state index in [9.17, 15) is 13.2 Å². The largest absolute Gasteiger partial charge is 0.497 e. The van der Waals surface area contributed by atoms with E-state index in [2.05, 4.69) is 10.0 Å². The van der Waals surface area contributed by atoms with Crippen LogP contribution < -0.4 is 14.8 Å². The number of nitrogens with one attached hydrogen (secondary N) is 2.